The van der Waals surface area contributed by atoms with Crippen molar-refractivity contribution in [1.29, 1.82) is 0 Å². The van der Waals surface area contributed by atoms with Crippen LogP contribution in [0.2, 0.25) is 5.02 Å². The third-order valence-corrected chi connectivity index (χ3v) is 3.63. The molecule has 3 rings (SSSR count). The number of halogens is 1. The lowest BCUT2D eigenvalue weighted by Gasteiger charge is -2.08. The highest BCUT2D eigenvalue weighted by atomic mass is 35.5. The van der Waals surface area contributed by atoms with Crippen molar-refractivity contribution in [3.8, 4) is 34.0 Å². The van der Waals surface area contributed by atoms with E-state index < -0.39 is 0 Å². The van der Waals surface area contributed by atoms with Crippen molar-refractivity contribution < 1.29 is 9.47 Å². The molecule has 0 amide bonds. The fourth-order valence-corrected chi connectivity index (χ4v) is 2.46. The van der Waals surface area contributed by atoms with E-state index in [2.05, 4.69) is 10.2 Å². The van der Waals surface area contributed by atoms with Gasteiger partial charge in [0.05, 0.1) is 25.6 Å². The van der Waals surface area contributed by atoms with Gasteiger partial charge in [0, 0.05) is 16.1 Å². The molecule has 1 aromatic heterocycles. The van der Waals surface area contributed by atoms with Gasteiger partial charge in [0.1, 0.15) is 0 Å². The number of ether oxygens (including phenoxy) is 2. The summed E-state index contributed by atoms with van der Waals surface area (Å²) in [6.45, 7) is 0. The molecular weight excluding hydrogens is 300 g/mol. The molecule has 0 atom stereocenters. The van der Waals surface area contributed by atoms with Crippen LogP contribution >= 0.6 is 11.6 Å². The first-order chi connectivity index (χ1) is 10.7. The first-order valence-electron chi connectivity index (χ1n) is 6.75. The highest BCUT2D eigenvalue weighted by Crippen LogP contribution is 2.33. The standard InChI is InChI=1S/C17H15ClN2O2/c1-21-16-7-6-12(9-17(16)22-2)15-10-14(19-20-15)11-4-3-5-13(18)8-11/h3-10H,1-2H3,(H,19,20). The molecule has 1 heterocycles. The highest BCUT2D eigenvalue weighted by Gasteiger charge is 2.10. The maximum absolute atomic E-state index is 6.02. The Morgan fingerprint density at radius 3 is 2.45 bits per heavy atom. The summed E-state index contributed by atoms with van der Waals surface area (Å²) in [5.41, 5.74) is 3.68. The number of hydrogen-bond acceptors (Lipinski definition) is 3. The summed E-state index contributed by atoms with van der Waals surface area (Å²) >= 11 is 6.02. The second-order valence-corrected chi connectivity index (χ2v) is 5.18. The summed E-state index contributed by atoms with van der Waals surface area (Å²) in [4.78, 5) is 0. The Kier molecular flexibility index (Phi) is 4.02. The molecule has 0 saturated carbocycles. The zero-order valence-electron chi connectivity index (χ0n) is 12.3. The van der Waals surface area contributed by atoms with Gasteiger partial charge in [-0.3, -0.25) is 5.10 Å². The first kappa shape index (κ1) is 14.5. The highest BCUT2D eigenvalue weighted by molar-refractivity contribution is 6.30. The Hall–Kier alpha value is -2.46. The summed E-state index contributed by atoms with van der Waals surface area (Å²) in [6, 6.07) is 15.3. The third kappa shape index (κ3) is 2.78. The number of methoxy groups -OCH3 is 2. The number of nitrogens with zero attached hydrogens (tertiary/aromatic N) is 1. The largest absolute Gasteiger partial charge is 0.493 e. The number of aromatic nitrogens is 2. The average molecular weight is 315 g/mol. The average Bonchev–Trinajstić information content (AvgIpc) is 3.04. The fourth-order valence-electron chi connectivity index (χ4n) is 2.27. The molecule has 0 fully saturated rings. The van der Waals surface area contributed by atoms with Crippen molar-refractivity contribution in [1.82, 2.24) is 10.2 Å². The normalized spacial score (nSPS) is 10.5. The minimum Gasteiger partial charge on any atom is -0.493 e. The lowest BCUT2D eigenvalue weighted by atomic mass is 10.1. The third-order valence-electron chi connectivity index (χ3n) is 3.39. The zero-order valence-corrected chi connectivity index (χ0v) is 13.0. The number of nitrogens with one attached hydrogen (secondary N) is 1. The molecular formula is C17H15ClN2O2. The molecule has 0 bridgehead atoms. The van der Waals surface area contributed by atoms with Crippen molar-refractivity contribution in [3.63, 3.8) is 0 Å². The van der Waals surface area contributed by atoms with E-state index in [1.165, 1.54) is 0 Å². The first-order valence-corrected chi connectivity index (χ1v) is 7.13. The SMILES string of the molecule is COc1ccc(-c2cc(-c3cccc(Cl)c3)n[nH]2)cc1OC. The minimum absolute atomic E-state index is 0.680. The van der Waals surface area contributed by atoms with E-state index in [9.17, 15) is 0 Å². The molecule has 0 unspecified atom stereocenters. The Morgan fingerprint density at radius 1 is 0.909 bits per heavy atom. The lowest BCUT2D eigenvalue weighted by molar-refractivity contribution is 0.355. The maximum Gasteiger partial charge on any atom is 0.161 e. The van der Waals surface area contributed by atoms with Crippen LogP contribution in [0.15, 0.2) is 48.5 Å². The van der Waals surface area contributed by atoms with E-state index in [-0.39, 0.29) is 0 Å². The number of aromatic amines is 1. The number of benzene rings is 2. The molecule has 0 aliphatic rings. The van der Waals surface area contributed by atoms with E-state index in [1.807, 2.05) is 48.5 Å². The topological polar surface area (TPSA) is 47.1 Å². The molecule has 3 aromatic rings. The van der Waals surface area contributed by atoms with Gasteiger partial charge in [-0.15, -0.1) is 0 Å². The van der Waals surface area contributed by atoms with Gasteiger partial charge in [0.25, 0.3) is 0 Å². The van der Waals surface area contributed by atoms with Crippen molar-refractivity contribution in [3.05, 3.63) is 53.6 Å². The van der Waals surface area contributed by atoms with Crippen molar-refractivity contribution in [2.45, 2.75) is 0 Å². The van der Waals surface area contributed by atoms with E-state index in [4.69, 9.17) is 21.1 Å². The Balaban J connectivity index is 1.97. The van der Waals surface area contributed by atoms with Crippen LogP contribution in [0, 0.1) is 0 Å². The van der Waals surface area contributed by atoms with Gasteiger partial charge in [-0.1, -0.05) is 23.7 Å². The molecule has 0 aliphatic carbocycles. The van der Waals surface area contributed by atoms with Crippen LogP contribution in [0.25, 0.3) is 22.5 Å². The van der Waals surface area contributed by atoms with Crippen molar-refractivity contribution in [2.24, 2.45) is 0 Å². The Morgan fingerprint density at radius 2 is 1.73 bits per heavy atom. The van der Waals surface area contributed by atoms with Gasteiger partial charge in [0.15, 0.2) is 11.5 Å². The zero-order chi connectivity index (χ0) is 15.5. The number of rotatable bonds is 4. The molecule has 112 valence electrons. The van der Waals surface area contributed by atoms with Crippen LogP contribution in [0.5, 0.6) is 11.5 Å². The summed E-state index contributed by atoms with van der Waals surface area (Å²) in [5, 5.41) is 8.07. The molecule has 22 heavy (non-hydrogen) atoms. The number of H-pyrrole nitrogens is 1. The van der Waals surface area contributed by atoms with Crippen LogP contribution in [0.3, 0.4) is 0 Å². The van der Waals surface area contributed by atoms with E-state index in [0.29, 0.717) is 16.5 Å². The minimum atomic E-state index is 0.680. The number of hydrogen-bond donors (Lipinski definition) is 1. The van der Waals surface area contributed by atoms with Gasteiger partial charge in [-0.05, 0) is 36.4 Å². The second kappa shape index (κ2) is 6.12. The summed E-state index contributed by atoms with van der Waals surface area (Å²) in [7, 11) is 3.23. The lowest BCUT2D eigenvalue weighted by Crippen LogP contribution is -1.90. The van der Waals surface area contributed by atoms with E-state index in [0.717, 1.165) is 22.5 Å². The molecule has 0 radical (unpaired) electrons. The molecule has 4 nitrogen and oxygen atoms in total. The van der Waals surface area contributed by atoms with Crippen LogP contribution < -0.4 is 9.47 Å². The van der Waals surface area contributed by atoms with Crippen molar-refractivity contribution in [2.75, 3.05) is 14.2 Å². The molecule has 2 aromatic carbocycles. The van der Waals surface area contributed by atoms with Crippen molar-refractivity contribution >= 4 is 11.6 Å². The van der Waals surface area contributed by atoms with E-state index >= 15 is 0 Å². The molecule has 0 saturated heterocycles. The van der Waals surface area contributed by atoms with Gasteiger partial charge in [0.2, 0.25) is 0 Å². The van der Waals surface area contributed by atoms with Gasteiger partial charge in [-0.2, -0.15) is 5.10 Å². The molecule has 1 N–H and O–H groups in total. The molecule has 5 heteroatoms. The van der Waals surface area contributed by atoms with Gasteiger partial charge < -0.3 is 9.47 Å². The predicted octanol–water partition coefficient (Wildman–Crippen LogP) is 4.41. The summed E-state index contributed by atoms with van der Waals surface area (Å²) in [5.74, 6) is 1.37. The van der Waals surface area contributed by atoms with Gasteiger partial charge >= 0.3 is 0 Å². The summed E-state index contributed by atoms with van der Waals surface area (Å²) in [6.07, 6.45) is 0. The van der Waals surface area contributed by atoms with E-state index in [1.54, 1.807) is 14.2 Å². The second-order valence-electron chi connectivity index (χ2n) is 4.75. The van der Waals surface area contributed by atoms with Crippen LogP contribution in [-0.4, -0.2) is 24.4 Å². The Labute approximate surface area is 133 Å². The van der Waals surface area contributed by atoms with Crippen LogP contribution in [-0.2, 0) is 0 Å². The van der Waals surface area contributed by atoms with Crippen LogP contribution in [0.4, 0.5) is 0 Å². The monoisotopic (exact) mass is 314 g/mol. The maximum atomic E-state index is 6.02. The summed E-state index contributed by atoms with van der Waals surface area (Å²) < 4.78 is 10.6. The quantitative estimate of drug-likeness (QED) is 0.775. The molecule has 0 aliphatic heterocycles. The fraction of sp³-hybridized carbons (Fsp3) is 0.118. The Bertz CT molecular complexity index is 799. The van der Waals surface area contributed by atoms with Crippen LogP contribution in [0.1, 0.15) is 0 Å². The molecule has 0 spiro atoms. The predicted molar refractivity (Wildman–Crippen MR) is 87.6 cm³/mol. The van der Waals surface area contributed by atoms with Gasteiger partial charge in [-0.25, -0.2) is 0 Å². The smallest absolute Gasteiger partial charge is 0.161 e.